The molecule has 2 N–H and O–H groups in total. The first kappa shape index (κ1) is 18.7. The van der Waals surface area contributed by atoms with Gasteiger partial charge in [0.2, 0.25) is 5.91 Å². The molecule has 0 spiro atoms. The molecule has 27 heavy (non-hydrogen) atoms. The molecule has 1 heterocycles. The van der Waals surface area contributed by atoms with Crippen LogP contribution < -0.4 is 15.4 Å². The number of anilines is 1. The molecule has 1 atom stereocenters. The quantitative estimate of drug-likeness (QED) is 0.623. The van der Waals surface area contributed by atoms with Crippen LogP contribution in [0.4, 0.5) is 6.01 Å². The fourth-order valence-electron chi connectivity index (χ4n) is 2.66. The highest BCUT2D eigenvalue weighted by Crippen LogP contribution is 2.20. The smallest absolute Gasteiger partial charge is 0.298 e. The number of primary amides is 1. The molecule has 0 bridgehead atoms. The van der Waals surface area contributed by atoms with Gasteiger partial charge < -0.3 is 24.5 Å². The second-order valence-electron chi connectivity index (χ2n) is 6.21. The SMILES string of the molecule is COC(Cc1ccc(OCCN(C)c2nc3ccccc3o2)cc1)C(N)=O. The fraction of sp³-hybridized carbons (Fsp3) is 0.300. The number of carbonyl (C=O) groups excluding carboxylic acids is 1. The van der Waals surface area contributed by atoms with E-state index in [1.165, 1.54) is 7.11 Å². The van der Waals surface area contributed by atoms with Crippen LogP contribution in [0.5, 0.6) is 5.75 Å². The summed E-state index contributed by atoms with van der Waals surface area (Å²) < 4.78 is 16.6. The number of nitrogens with zero attached hydrogens (tertiary/aromatic N) is 2. The third-order valence-corrected chi connectivity index (χ3v) is 4.25. The molecule has 1 aromatic heterocycles. The summed E-state index contributed by atoms with van der Waals surface area (Å²) in [5, 5.41) is 0. The number of amides is 1. The predicted octanol–water partition coefficient (Wildman–Crippen LogP) is 2.39. The lowest BCUT2D eigenvalue weighted by atomic mass is 10.1. The molecule has 1 amide bonds. The lowest BCUT2D eigenvalue weighted by Crippen LogP contribution is -2.32. The van der Waals surface area contributed by atoms with Gasteiger partial charge in [-0.05, 0) is 29.8 Å². The molecule has 7 nitrogen and oxygen atoms in total. The molecule has 7 heteroatoms. The van der Waals surface area contributed by atoms with E-state index in [-0.39, 0.29) is 0 Å². The number of carbonyl (C=O) groups is 1. The van der Waals surface area contributed by atoms with Gasteiger partial charge in [0.1, 0.15) is 24.0 Å². The first-order chi connectivity index (χ1) is 13.1. The number of ether oxygens (including phenoxy) is 2. The van der Waals surface area contributed by atoms with Gasteiger partial charge in [-0.2, -0.15) is 4.98 Å². The van der Waals surface area contributed by atoms with Gasteiger partial charge in [0.05, 0.1) is 6.54 Å². The van der Waals surface area contributed by atoms with Gasteiger partial charge in [-0.3, -0.25) is 4.79 Å². The van der Waals surface area contributed by atoms with E-state index in [2.05, 4.69) is 4.98 Å². The number of hydrogen-bond acceptors (Lipinski definition) is 6. The van der Waals surface area contributed by atoms with Crippen molar-refractivity contribution in [2.24, 2.45) is 5.73 Å². The first-order valence-corrected chi connectivity index (χ1v) is 8.67. The van der Waals surface area contributed by atoms with Gasteiger partial charge in [0.25, 0.3) is 6.01 Å². The number of fused-ring (bicyclic) bond motifs is 1. The predicted molar refractivity (Wildman–Crippen MR) is 103 cm³/mol. The van der Waals surface area contributed by atoms with Crippen molar-refractivity contribution in [3.63, 3.8) is 0 Å². The zero-order chi connectivity index (χ0) is 19.2. The Labute approximate surface area is 157 Å². The van der Waals surface area contributed by atoms with Crippen LogP contribution in [0.15, 0.2) is 52.9 Å². The lowest BCUT2D eigenvalue weighted by molar-refractivity contribution is -0.127. The van der Waals surface area contributed by atoms with Crippen molar-refractivity contribution in [2.75, 3.05) is 32.2 Å². The summed E-state index contributed by atoms with van der Waals surface area (Å²) in [6.07, 6.45) is -0.186. The second kappa shape index (κ2) is 8.55. The largest absolute Gasteiger partial charge is 0.492 e. The van der Waals surface area contributed by atoms with E-state index in [9.17, 15) is 4.79 Å². The van der Waals surface area contributed by atoms with Crippen LogP contribution in [0.3, 0.4) is 0 Å². The molecule has 3 aromatic rings. The highest BCUT2D eigenvalue weighted by molar-refractivity contribution is 5.79. The average Bonchev–Trinajstić information content (AvgIpc) is 3.11. The maximum Gasteiger partial charge on any atom is 0.298 e. The van der Waals surface area contributed by atoms with E-state index in [1.54, 1.807) is 0 Å². The van der Waals surface area contributed by atoms with Crippen molar-refractivity contribution < 1.29 is 18.7 Å². The molecule has 142 valence electrons. The number of para-hydroxylation sites is 2. The Bertz CT molecular complexity index is 859. The topological polar surface area (TPSA) is 90.8 Å². The normalized spacial score (nSPS) is 12.1. The van der Waals surface area contributed by atoms with Gasteiger partial charge in [-0.25, -0.2) is 0 Å². The summed E-state index contributed by atoms with van der Waals surface area (Å²) in [4.78, 5) is 17.6. The van der Waals surface area contributed by atoms with Gasteiger partial charge in [0, 0.05) is 20.6 Å². The Morgan fingerprint density at radius 3 is 2.63 bits per heavy atom. The van der Waals surface area contributed by atoms with E-state index < -0.39 is 12.0 Å². The van der Waals surface area contributed by atoms with Crippen LogP contribution in [0.1, 0.15) is 5.56 Å². The van der Waals surface area contributed by atoms with Crippen molar-refractivity contribution in [1.82, 2.24) is 4.98 Å². The molecule has 2 aromatic carbocycles. The minimum Gasteiger partial charge on any atom is -0.492 e. The van der Waals surface area contributed by atoms with Crippen molar-refractivity contribution >= 4 is 23.0 Å². The number of oxazole rings is 1. The highest BCUT2D eigenvalue weighted by atomic mass is 16.5. The van der Waals surface area contributed by atoms with Crippen LogP contribution >= 0.6 is 0 Å². The number of rotatable bonds is 9. The van der Waals surface area contributed by atoms with Crippen LogP contribution in [0, 0.1) is 0 Å². The van der Waals surface area contributed by atoms with E-state index in [4.69, 9.17) is 19.6 Å². The summed E-state index contributed by atoms with van der Waals surface area (Å²) >= 11 is 0. The van der Waals surface area contributed by atoms with Gasteiger partial charge in [-0.15, -0.1) is 0 Å². The third-order valence-electron chi connectivity index (χ3n) is 4.25. The number of aromatic nitrogens is 1. The number of hydrogen-bond donors (Lipinski definition) is 1. The molecule has 0 aliphatic carbocycles. The standard InChI is InChI=1S/C20H23N3O4/c1-23(20-22-16-5-3-4-6-17(16)27-20)11-12-26-15-9-7-14(8-10-15)13-18(25-2)19(21)24/h3-10,18H,11-13H2,1-2H3,(H2,21,24). The number of likely N-dealkylation sites (N-methyl/N-ethyl adjacent to an activating group) is 1. The summed E-state index contributed by atoms with van der Waals surface area (Å²) in [5.41, 5.74) is 7.84. The number of benzene rings is 2. The summed E-state index contributed by atoms with van der Waals surface area (Å²) in [7, 11) is 3.38. The first-order valence-electron chi connectivity index (χ1n) is 8.67. The molecular formula is C20H23N3O4. The van der Waals surface area contributed by atoms with Crippen LogP contribution in [0.25, 0.3) is 11.1 Å². The van der Waals surface area contributed by atoms with Crippen LogP contribution in [-0.2, 0) is 16.0 Å². The van der Waals surface area contributed by atoms with Crippen molar-refractivity contribution in [2.45, 2.75) is 12.5 Å². The summed E-state index contributed by atoms with van der Waals surface area (Å²) in [5.74, 6) is 0.276. The third kappa shape index (κ3) is 4.77. The van der Waals surface area contributed by atoms with Crippen molar-refractivity contribution in [3.8, 4) is 5.75 Å². The highest BCUT2D eigenvalue weighted by Gasteiger charge is 2.14. The van der Waals surface area contributed by atoms with E-state index in [0.717, 1.165) is 22.4 Å². The molecule has 0 aliphatic rings. The zero-order valence-corrected chi connectivity index (χ0v) is 15.4. The van der Waals surface area contributed by atoms with Crippen molar-refractivity contribution in [1.29, 1.82) is 0 Å². The van der Waals surface area contributed by atoms with Crippen LogP contribution in [0.2, 0.25) is 0 Å². The minimum absolute atomic E-state index is 0.437. The van der Waals surface area contributed by atoms with Gasteiger partial charge in [-0.1, -0.05) is 24.3 Å². The van der Waals surface area contributed by atoms with Gasteiger partial charge in [0.15, 0.2) is 5.58 Å². The van der Waals surface area contributed by atoms with E-state index in [0.29, 0.717) is 25.6 Å². The molecular weight excluding hydrogens is 346 g/mol. The molecule has 0 aliphatic heterocycles. The summed E-state index contributed by atoms with van der Waals surface area (Å²) in [6, 6.07) is 15.7. The monoisotopic (exact) mass is 369 g/mol. The molecule has 0 saturated carbocycles. The van der Waals surface area contributed by atoms with E-state index in [1.807, 2.05) is 60.5 Å². The minimum atomic E-state index is -0.623. The maximum atomic E-state index is 11.2. The second-order valence-corrected chi connectivity index (χ2v) is 6.21. The van der Waals surface area contributed by atoms with E-state index >= 15 is 0 Å². The number of methoxy groups -OCH3 is 1. The average molecular weight is 369 g/mol. The lowest BCUT2D eigenvalue weighted by Gasteiger charge is -2.15. The Kier molecular flexibility index (Phi) is 5.93. The zero-order valence-electron chi connectivity index (χ0n) is 15.4. The fourth-order valence-corrected chi connectivity index (χ4v) is 2.66. The molecule has 0 saturated heterocycles. The summed E-state index contributed by atoms with van der Waals surface area (Å²) in [6.45, 7) is 1.11. The molecule has 0 fully saturated rings. The number of nitrogens with two attached hydrogens (primary N) is 1. The Morgan fingerprint density at radius 2 is 1.96 bits per heavy atom. The Morgan fingerprint density at radius 1 is 1.22 bits per heavy atom. The van der Waals surface area contributed by atoms with Crippen LogP contribution in [-0.4, -0.2) is 44.3 Å². The van der Waals surface area contributed by atoms with Crippen molar-refractivity contribution in [3.05, 3.63) is 54.1 Å². The maximum absolute atomic E-state index is 11.2. The Balaban J connectivity index is 1.50. The molecule has 0 radical (unpaired) electrons. The molecule has 3 rings (SSSR count). The van der Waals surface area contributed by atoms with Gasteiger partial charge >= 0.3 is 0 Å². The molecule has 1 unspecified atom stereocenters. The Hall–Kier alpha value is -3.06.